The summed E-state index contributed by atoms with van der Waals surface area (Å²) in [4.78, 5) is 0. The molecule has 13 heavy (non-hydrogen) atoms. The highest BCUT2D eigenvalue weighted by molar-refractivity contribution is 5.65. The fourth-order valence-corrected chi connectivity index (χ4v) is 1.59. The SMILES string of the molecule is Nc1ccc(C2(CO)CC2)cc1N. The van der Waals surface area contributed by atoms with E-state index in [-0.39, 0.29) is 12.0 Å². The van der Waals surface area contributed by atoms with E-state index in [0.717, 1.165) is 18.4 Å². The Labute approximate surface area is 77.4 Å². The van der Waals surface area contributed by atoms with Crippen LogP contribution in [0.1, 0.15) is 18.4 Å². The molecule has 1 aliphatic carbocycles. The average molecular weight is 178 g/mol. The van der Waals surface area contributed by atoms with Crippen molar-refractivity contribution in [1.29, 1.82) is 0 Å². The Morgan fingerprint density at radius 3 is 2.38 bits per heavy atom. The predicted octanol–water partition coefficient (Wildman–Crippen LogP) is 0.875. The Kier molecular flexibility index (Phi) is 1.70. The molecule has 0 radical (unpaired) electrons. The van der Waals surface area contributed by atoms with Crippen LogP contribution < -0.4 is 11.5 Å². The summed E-state index contributed by atoms with van der Waals surface area (Å²) in [5, 5.41) is 9.20. The number of aliphatic hydroxyl groups excluding tert-OH is 1. The molecule has 0 spiro atoms. The molecular formula is C10H14N2O. The molecule has 3 nitrogen and oxygen atoms in total. The summed E-state index contributed by atoms with van der Waals surface area (Å²) in [5.74, 6) is 0. The van der Waals surface area contributed by atoms with Crippen LogP contribution >= 0.6 is 0 Å². The topological polar surface area (TPSA) is 72.3 Å². The van der Waals surface area contributed by atoms with Crippen molar-refractivity contribution in [1.82, 2.24) is 0 Å². The Morgan fingerprint density at radius 2 is 1.92 bits per heavy atom. The molecule has 1 aromatic carbocycles. The Morgan fingerprint density at radius 1 is 1.23 bits per heavy atom. The maximum Gasteiger partial charge on any atom is 0.0550 e. The highest BCUT2D eigenvalue weighted by atomic mass is 16.3. The van der Waals surface area contributed by atoms with Crippen molar-refractivity contribution in [3.05, 3.63) is 23.8 Å². The zero-order chi connectivity index (χ0) is 9.47. The zero-order valence-corrected chi connectivity index (χ0v) is 7.46. The minimum absolute atomic E-state index is 0.0121. The quantitative estimate of drug-likeness (QED) is 0.588. The van der Waals surface area contributed by atoms with E-state index in [9.17, 15) is 5.11 Å². The van der Waals surface area contributed by atoms with E-state index in [2.05, 4.69) is 0 Å². The van der Waals surface area contributed by atoms with E-state index in [1.54, 1.807) is 6.07 Å². The summed E-state index contributed by atoms with van der Waals surface area (Å²) < 4.78 is 0. The van der Waals surface area contributed by atoms with Crippen LogP contribution in [-0.2, 0) is 5.41 Å². The standard InChI is InChI=1S/C10H14N2O/c11-8-2-1-7(5-9(8)12)10(6-13)3-4-10/h1-2,5,13H,3-4,6,11-12H2. The molecule has 3 heteroatoms. The predicted molar refractivity (Wildman–Crippen MR) is 53.3 cm³/mol. The average Bonchev–Trinajstić information content (AvgIpc) is 2.90. The minimum Gasteiger partial charge on any atom is -0.397 e. The Bertz CT molecular complexity index is 332. The van der Waals surface area contributed by atoms with Gasteiger partial charge in [0.25, 0.3) is 0 Å². The van der Waals surface area contributed by atoms with Gasteiger partial charge in [0, 0.05) is 5.41 Å². The summed E-state index contributed by atoms with van der Waals surface area (Å²) in [6.07, 6.45) is 2.10. The lowest BCUT2D eigenvalue weighted by molar-refractivity contribution is 0.255. The van der Waals surface area contributed by atoms with Crippen molar-refractivity contribution in [2.75, 3.05) is 18.1 Å². The molecule has 0 bridgehead atoms. The summed E-state index contributed by atoms with van der Waals surface area (Å²) in [5.41, 5.74) is 13.6. The number of nitrogens with two attached hydrogens (primary N) is 2. The Hall–Kier alpha value is -1.22. The summed E-state index contributed by atoms with van der Waals surface area (Å²) >= 11 is 0. The molecule has 0 unspecified atom stereocenters. The molecule has 0 atom stereocenters. The molecule has 0 saturated heterocycles. The maximum absolute atomic E-state index is 9.20. The second kappa shape index (κ2) is 2.64. The molecule has 1 fully saturated rings. The lowest BCUT2D eigenvalue weighted by Gasteiger charge is -2.13. The van der Waals surface area contributed by atoms with Crippen LogP contribution in [0.15, 0.2) is 18.2 Å². The van der Waals surface area contributed by atoms with Gasteiger partial charge in [0.05, 0.1) is 18.0 Å². The van der Waals surface area contributed by atoms with Gasteiger partial charge in [-0.3, -0.25) is 0 Å². The van der Waals surface area contributed by atoms with Crippen molar-refractivity contribution in [3.8, 4) is 0 Å². The van der Waals surface area contributed by atoms with Crippen LogP contribution in [0.5, 0.6) is 0 Å². The number of hydrogen-bond acceptors (Lipinski definition) is 3. The molecule has 0 aromatic heterocycles. The molecule has 0 heterocycles. The first-order valence-corrected chi connectivity index (χ1v) is 4.44. The number of rotatable bonds is 2. The largest absolute Gasteiger partial charge is 0.397 e. The molecule has 1 saturated carbocycles. The first-order chi connectivity index (χ1) is 6.18. The number of nitrogen functional groups attached to an aromatic ring is 2. The van der Waals surface area contributed by atoms with E-state index in [1.165, 1.54) is 0 Å². The van der Waals surface area contributed by atoms with Crippen molar-refractivity contribution in [3.63, 3.8) is 0 Å². The monoisotopic (exact) mass is 178 g/mol. The summed E-state index contributed by atoms with van der Waals surface area (Å²) in [6.45, 7) is 0.205. The molecular weight excluding hydrogens is 164 g/mol. The molecule has 1 aliphatic rings. The van der Waals surface area contributed by atoms with Crippen LogP contribution in [0.25, 0.3) is 0 Å². The van der Waals surface area contributed by atoms with E-state index in [1.807, 2.05) is 12.1 Å². The minimum atomic E-state index is -0.0121. The molecule has 0 amide bonds. The van der Waals surface area contributed by atoms with Crippen LogP contribution in [0.4, 0.5) is 11.4 Å². The van der Waals surface area contributed by atoms with Gasteiger partial charge in [0.1, 0.15) is 0 Å². The third-order valence-corrected chi connectivity index (χ3v) is 2.86. The highest BCUT2D eigenvalue weighted by Gasteiger charge is 2.43. The lowest BCUT2D eigenvalue weighted by atomic mass is 9.96. The molecule has 70 valence electrons. The second-order valence-electron chi connectivity index (χ2n) is 3.78. The highest BCUT2D eigenvalue weighted by Crippen LogP contribution is 2.48. The number of hydrogen-bond donors (Lipinski definition) is 3. The number of benzene rings is 1. The van der Waals surface area contributed by atoms with Crippen LogP contribution in [-0.4, -0.2) is 11.7 Å². The van der Waals surface area contributed by atoms with Crippen molar-refractivity contribution < 1.29 is 5.11 Å². The lowest BCUT2D eigenvalue weighted by Crippen LogP contribution is -2.12. The van der Waals surface area contributed by atoms with Gasteiger partial charge in [-0.1, -0.05) is 6.07 Å². The summed E-state index contributed by atoms with van der Waals surface area (Å²) in [6, 6.07) is 5.63. The van der Waals surface area contributed by atoms with Gasteiger partial charge < -0.3 is 16.6 Å². The van der Waals surface area contributed by atoms with Gasteiger partial charge in [-0.15, -0.1) is 0 Å². The Balaban J connectivity index is 2.37. The zero-order valence-electron chi connectivity index (χ0n) is 7.46. The fraction of sp³-hybridized carbons (Fsp3) is 0.400. The smallest absolute Gasteiger partial charge is 0.0550 e. The van der Waals surface area contributed by atoms with Crippen molar-refractivity contribution >= 4 is 11.4 Å². The van der Waals surface area contributed by atoms with E-state index < -0.39 is 0 Å². The normalized spacial score (nSPS) is 18.5. The van der Waals surface area contributed by atoms with Gasteiger partial charge >= 0.3 is 0 Å². The van der Waals surface area contributed by atoms with Gasteiger partial charge in [0.2, 0.25) is 0 Å². The first kappa shape index (κ1) is 8.38. The molecule has 5 N–H and O–H groups in total. The fourth-order valence-electron chi connectivity index (χ4n) is 1.59. The van der Waals surface area contributed by atoms with Gasteiger partial charge in [-0.05, 0) is 30.5 Å². The molecule has 2 rings (SSSR count). The third kappa shape index (κ3) is 1.25. The molecule has 1 aromatic rings. The van der Waals surface area contributed by atoms with Crippen LogP contribution in [0, 0.1) is 0 Å². The van der Waals surface area contributed by atoms with Gasteiger partial charge in [0.15, 0.2) is 0 Å². The maximum atomic E-state index is 9.20. The third-order valence-electron chi connectivity index (χ3n) is 2.86. The van der Waals surface area contributed by atoms with E-state index in [0.29, 0.717) is 11.4 Å². The van der Waals surface area contributed by atoms with E-state index >= 15 is 0 Å². The van der Waals surface area contributed by atoms with E-state index in [4.69, 9.17) is 11.5 Å². The molecule has 0 aliphatic heterocycles. The first-order valence-electron chi connectivity index (χ1n) is 4.44. The van der Waals surface area contributed by atoms with Crippen LogP contribution in [0.2, 0.25) is 0 Å². The summed E-state index contributed by atoms with van der Waals surface area (Å²) in [7, 11) is 0. The van der Waals surface area contributed by atoms with Gasteiger partial charge in [-0.2, -0.15) is 0 Å². The van der Waals surface area contributed by atoms with Gasteiger partial charge in [-0.25, -0.2) is 0 Å². The number of anilines is 2. The second-order valence-corrected chi connectivity index (χ2v) is 3.78. The van der Waals surface area contributed by atoms with Crippen molar-refractivity contribution in [2.24, 2.45) is 0 Å². The van der Waals surface area contributed by atoms with Crippen LogP contribution in [0.3, 0.4) is 0 Å². The number of aliphatic hydroxyl groups is 1. The van der Waals surface area contributed by atoms with Crippen molar-refractivity contribution in [2.45, 2.75) is 18.3 Å².